The molecule has 0 radical (unpaired) electrons. The number of methoxy groups -OCH3 is 1. The summed E-state index contributed by atoms with van der Waals surface area (Å²) in [6.45, 7) is 0. The van der Waals surface area contributed by atoms with Crippen molar-refractivity contribution in [1.82, 2.24) is 0 Å². The molecular weight excluding hydrogens is 172 g/mol. The maximum atomic E-state index is 10.8. The van der Waals surface area contributed by atoms with Gasteiger partial charge in [0.1, 0.15) is 0 Å². The Morgan fingerprint density at radius 3 is 2.46 bits per heavy atom. The molecular formula is C9H10O4. The molecule has 1 aromatic carbocycles. The van der Waals surface area contributed by atoms with Gasteiger partial charge in [-0.1, -0.05) is 12.1 Å². The second-order valence-electron chi connectivity index (χ2n) is 2.49. The summed E-state index contributed by atoms with van der Waals surface area (Å²) in [7, 11) is 1.34. The normalized spacial score (nSPS) is 9.38. The lowest BCUT2D eigenvalue weighted by atomic mass is 10.1. The molecule has 0 saturated heterocycles. The predicted molar refractivity (Wildman–Crippen MR) is 45.4 cm³/mol. The molecule has 0 aromatic heterocycles. The molecule has 1 N–H and O–H groups in total. The number of carbonyl (C=O) groups is 1. The number of carbonyl (C=O) groups excluding carboxylic acids is 1. The first kappa shape index (κ1) is 9.54. The molecule has 0 unspecified atom stereocenters. The molecule has 0 bridgehead atoms. The third-order valence-corrected chi connectivity index (χ3v) is 1.60. The number of esters is 1. The molecule has 0 spiro atoms. The van der Waals surface area contributed by atoms with Gasteiger partial charge in [0.15, 0.2) is 5.75 Å². The zero-order chi connectivity index (χ0) is 9.68. The van der Waals surface area contributed by atoms with Gasteiger partial charge >= 0.3 is 5.97 Å². The minimum absolute atomic E-state index is 0.224. The summed E-state index contributed by atoms with van der Waals surface area (Å²) in [6, 6.07) is 6.50. The highest BCUT2D eigenvalue weighted by atomic mass is 17.1. The third kappa shape index (κ3) is 2.76. The summed E-state index contributed by atoms with van der Waals surface area (Å²) in [4.78, 5) is 14.8. The molecule has 0 aliphatic heterocycles. The Hall–Kier alpha value is -1.55. The van der Waals surface area contributed by atoms with Gasteiger partial charge < -0.3 is 9.62 Å². The molecule has 4 nitrogen and oxygen atoms in total. The van der Waals surface area contributed by atoms with Gasteiger partial charge in [0, 0.05) is 0 Å². The summed E-state index contributed by atoms with van der Waals surface area (Å²) in [6.07, 6.45) is 0.224. The minimum atomic E-state index is -0.294. The molecule has 1 aromatic rings. The van der Waals surface area contributed by atoms with Crippen LogP contribution in [-0.4, -0.2) is 18.3 Å². The van der Waals surface area contributed by atoms with E-state index in [1.54, 1.807) is 24.3 Å². The van der Waals surface area contributed by atoms with Gasteiger partial charge in [-0.25, -0.2) is 5.26 Å². The van der Waals surface area contributed by atoms with Gasteiger partial charge in [-0.15, -0.1) is 0 Å². The molecule has 0 heterocycles. The van der Waals surface area contributed by atoms with Crippen LogP contribution in [-0.2, 0) is 16.0 Å². The van der Waals surface area contributed by atoms with Crippen LogP contribution >= 0.6 is 0 Å². The van der Waals surface area contributed by atoms with Crippen LogP contribution in [0.25, 0.3) is 0 Å². The van der Waals surface area contributed by atoms with E-state index in [1.165, 1.54) is 7.11 Å². The van der Waals surface area contributed by atoms with Crippen molar-refractivity contribution < 1.29 is 19.7 Å². The van der Waals surface area contributed by atoms with Gasteiger partial charge in [-0.3, -0.25) is 4.79 Å². The van der Waals surface area contributed by atoms with Crippen molar-refractivity contribution in [2.24, 2.45) is 0 Å². The van der Waals surface area contributed by atoms with E-state index in [1.807, 2.05) is 0 Å². The summed E-state index contributed by atoms with van der Waals surface area (Å²) in [5, 5.41) is 8.26. The Labute approximate surface area is 75.6 Å². The number of ether oxygens (including phenoxy) is 1. The van der Waals surface area contributed by atoms with Crippen molar-refractivity contribution in [1.29, 1.82) is 0 Å². The predicted octanol–water partition coefficient (Wildman–Crippen LogP) is 1.25. The third-order valence-electron chi connectivity index (χ3n) is 1.60. The largest absolute Gasteiger partial charge is 0.469 e. The molecule has 70 valence electrons. The maximum absolute atomic E-state index is 10.8. The second kappa shape index (κ2) is 4.47. The number of hydrogen-bond acceptors (Lipinski definition) is 4. The second-order valence-corrected chi connectivity index (χ2v) is 2.49. The molecule has 13 heavy (non-hydrogen) atoms. The number of hydrogen-bond donors (Lipinski definition) is 1. The SMILES string of the molecule is COC(=O)Cc1ccc(OO)cc1. The Bertz CT molecular complexity index is 278. The van der Waals surface area contributed by atoms with Crippen molar-refractivity contribution in [3.05, 3.63) is 29.8 Å². The Morgan fingerprint density at radius 1 is 1.38 bits per heavy atom. The van der Waals surface area contributed by atoms with Crippen molar-refractivity contribution in [2.45, 2.75) is 6.42 Å². The maximum Gasteiger partial charge on any atom is 0.309 e. The van der Waals surface area contributed by atoms with Crippen LogP contribution in [0.2, 0.25) is 0 Å². The van der Waals surface area contributed by atoms with E-state index in [0.29, 0.717) is 5.75 Å². The van der Waals surface area contributed by atoms with Gasteiger partial charge in [0.05, 0.1) is 13.5 Å². The lowest BCUT2D eigenvalue weighted by Gasteiger charge is -2.00. The van der Waals surface area contributed by atoms with E-state index in [9.17, 15) is 4.79 Å². The van der Waals surface area contributed by atoms with Crippen LogP contribution in [0.15, 0.2) is 24.3 Å². The highest BCUT2D eigenvalue weighted by molar-refractivity contribution is 5.72. The molecule has 0 fully saturated rings. The van der Waals surface area contributed by atoms with Gasteiger partial charge in [-0.05, 0) is 17.7 Å². The monoisotopic (exact) mass is 182 g/mol. The van der Waals surface area contributed by atoms with Crippen molar-refractivity contribution in [3.63, 3.8) is 0 Å². The molecule has 0 amide bonds. The van der Waals surface area contributed by atoms with Gasteiger partial charge in [0.25, 0.3) is 0 Å². The fourth-order valence-corrected chi connectivity index (χ4v) is 0.907. The lowest BCUT2D eigenvalue weighted by molar-refractivity contribution is -0.139. The van der Waals surface area contributed by atoms with Crippen LogP contribution in [0.4, 0.5) is 0 Å². The van der Waals surface area contributed by atoms with Gasteiger partial charge in [-0.2, -0.15) is 0 Å². The first-order valence-corrected chi connectivity index (χ1v) is 3.73. The van der Waals surface area contributed by atoms with E-state index < -0.39 is 0 Å². The number of rotatable bonds is 3. The summed E-state index contributed by atoms with van der Waals surface area (Å²) in [5.41, 5.74) is 0.813. The topological polar surface area (TPSA) is 55.8 Å². The first-order chi connectivity index (χ1) is 6.26. The van der Waals surface area contributed by atoms with E-state index in [2.05, 4.69) is 9.62 Å². The Balaban J connectivity index is 2.64. The van der Waals surface area contributed by atoms with E-state index in [0.717, 1.165) is 5.56 Å². The standard InChI is InChI=1S/C9H10O4/c1-12-9(10)6-7-2-4-8(13-11)5-3-7/h2-5,11H,6H2,1H3. The average Bonchev–Trinajstić information content (AvgIpc) is 2.19. The lowest BCUT2D eigenvalue weighted by Crippen LogP contribution is -2.04. The molecule has 0 aliphatic rings. The van der Waals surface area contributed by atoms with Crippen LogP contribution in [0.1, 0.15) is 5.56 Å². The summed E-state index contributed by atoms with van der Waals surface area (Å²) >= 11 is 0. The summed E-state index contributed by atoms with van der Waals surface area (Å²) < 4.78 is 4.49. The minimum Gasteiger partial charge on any atom is -0.469 e. The van der Waals surface area contributed by atoms with E-state index >= 15 is 0 Å². The smallest absolute Gasteiger partial charge is 0.309 e. The highest BCUT2D eigenvalue weighted by Crippen LogP contribution is 2.11. The van der Waals surface area contributed by atoms with Crippen molar-refractivity contribution >= 4 is 5.97 Å². The quantitative estimate of drug-likeness (QED) is 0.434. The van der Waals surface area contributed by atoms with Crippen LogP contribution in [0.3, 0.4) is 0 Å². The number of benzene rings is 1. The van der Waals surface area contributed by atoms with E-state index in [-0.39, 0.29) is 12.4 Å². The van der Waals surface area contributed by atoms with Crippen molar-refractivity contribution in [3.8, 4) is 5.75 Å². The molecule has 1 rings (SSSR count). The molecule has 4 heteroatoms. The fraction of sp³-hybridized carbons (Fsp3) is 0.222. The zero-order valence-corrected chi connectivity index (χ0v) is 7.19. The molecule has 0 saturated carbocycles. The fourth-order valence-electron chi connectivity index (χ4n) is 0.907. The summed E-state index contributed by atoms with van der Waals surface area (Å²) in [5.74, 6) is 0.0475. The van der Waals surface area contributed by atoms with Crippen LogP contribution in [0, 0.1) is 0 Å². The van der Waals surface area contributed by atoms with Crippen molar-refractivity contribution in [2.75, 3.05) is 7.11 Å². The molecule has 0 atom stereocenters. The average molecular weight is 182 g/mol. The van der Waals surface area contributed by atoms with Crippen LogP contribution < -0.4 is 4.89 Å². The first-order valence-electron chi connectivity index (χ1n) is 3.73. The highest BCUT2D eigenvalue weighted by Gasteiger charge is 2.02. The van der Waals surface area contributed by atoms with E-state index in [4.69, 9.17) is 5.26 Å². The van der Waals surface area contributed by atoms with Crippen LogP contribution in [0.5, 0.6) is 5.75 Å². The Kier molecular flexibility index (Phi) is 3.28. The molecule has 0 aliphatic carbocycles. The van der Waals surface area contributed by atoms with Gasteiger partial charge in [0.2, 0.25) is 0 Å². The zero-order valence-electron chi connectivity index (χ0n) is 7.19. The Morgan fingerprint density at radius 2 is 2.00 bits per heavy atom.